The molecule has 0 atom stereocenters. The van der Waals surface area contributed by atoms with Gasteiger partial charge in [0.1, 0.15) is 11.3 Å². The number of unbranched alkanes of at least 4 members (excludes halogenated alkanes) is 1. The summed E-state index contributed by atoms with van der Waals surface area (Å²) in [4.78, 5) is 31.5. The summed E-state index contributed by atoms with van der Waals surface area (Å²) in [5, 5.41) is 5.89. The van der Waals surface area contributed by atoms with Crippen LogP contribution in [0.4, 0.5) is 0 Å². The average molecular weight is 400 g/mol. The summed E-state index contributed by atoms with van der Waals surface area (Å²) < 4.78 is 1.83. The van der Waals surface area contributed by atoms with Gasteiger partial charge in [0.05, 0.1) is 5.69 Å². The second kappa shape index (κ2) is 10.4. The van der Waals surface area contributed by atoms with E-state index >= 15 is 0 Å². The number of hydrogen-bond donors (Lipinski definition) is 2. The highest BCUT2D eigenvalue weighted by Crippen LogP contribution is 2.15. The standard InChI is InChI=1S/C22H33N5O2/c1-17-9-8-16-27-20(18(2)25-21(17)27)22(29)24-12-7-10-19(28)23-11-3-4-13-26-14-5-6-15-26/h8-9,16H,3-7,10-15H2,1-2H3,(H,23,28)(H,24,29). The highest BCUT2D eigenvalue weighted by molar-refractivity contribution is 5.94. The van der Waals surface area contributed by atoms with Crippen LogP contribution in [0.2, 0.25) is 0 Å². The number of hydrogen-bond acceptors (Lipinski definition) is 4. The van der Waals surface area contributed by atoms with Gasteiger partial charge in [-0.15, -0.1) is 0 Å². The Bertz CT molecular complexity index is 839. The number of imidazole rings is 1. The van der Waals surface area contributed by atoms with Crippen LogP contribution in [0.25, 0.3) is 5.65 Å². The lowest BCUT2D eigenvalue weighted by molar-refractivity contribution is -0.121. The molecule has 2 N–H and O–H groups in total. The third kappa shape index (κ3) is 5.79. The van der Waals surface area contributed by atoms with E-state index in [0.717, 1.165) is 37.1 Å². The van der Waals surface area contributed by atoms with E-state index in [2.05, 4.69) is 20.5 Å². The van der Waals surface area contributed by atoms with Crippen molar-refractivity contribution in [2.45, 2.75) is 52.4 Å². The van der Waals surface area contributed by atoms with Crippen LogP contribution in [0.15, 0.2) is 18.3 Å². The fourth-order valence-electron chi connectivity index (χ4n) is 3.91. The van der Waals surface area contributed by atoms with Gasteiger partial charge in [-0.2, -0.15) is 0 Å². The second-order valence-electron chi connectivity index (χ2n) is 7.90. The first-order valence-corrected chi connectivity index (χ1v) is 10.8. The second-order valence-corrected chi connectivity index (χ2v) is 7.90. The Morgan fingerprint density at radius 2 is 1.83 bits per heavy atom. The molecule has 29 heavy (non-hydrogen) atoms. The third-order valence-corrected chi connectivity index (χ3v) is 5.52. The molecule has 1 aliphatic rings. The Hall–Kier alpha value is -2.41. The number of pyridine rings is 1. The molecule has 0 aromatic carbocycles. The van der Waals surface area contributed by atoms with Crippen LogP contribution in [0.1, 0.15) is 60.3 Å². The van der Waals surface area contributed by atoms with Gasteiger partial charge in [0, 0.05) is 25.7 Å². The summed E-state index contributed by atoms with van der Waals surface area (Å²) in [7, 11) is 0. The molecule has 2 aromatic heterocycles. The summed E-state index contributed by atoms with van der Waals surface area (Å²) >= 11 is 0. The topological polar surface area (TPSA) is 78.7 Å². The molecule has 0 saturated carbocycles. The molecule has 7 heteroatoms. The van der Waals surface area contributed by atoms with Crippen molar-refractivity contribution in [2.24, 2.45) is 0 Å². The van der Waals surface area contributed by atoms with Crippen molar-refractivity contribution in [1.29, 1.82) is 0 Å². The van der Waals surface area contributed by atoms with Crippen molar-refractivity contribution < 1.29 is 9.59 Å². The first-order valence-electron chi connectivity index (χ1n) is 10.8. The first kappa shape index (κ1) is 21.3. The number of rotatable bonds is 10. The van der Waals surface area contributed by atoms with E-state index in [1.54, 1.807) is 0 Å². The van der Waals surface area contributed by atoms with E-state index in [1.165, 1.54) is 25.9 Å². The lowest BCUT2D eigenvalue weighted by atomic mass is 10.2. The van der Waals surface area contributed by atoms with Crippen molar-refractivity contribution in [3.63, 3.8) is 0 Å². The van der Waals surface area contributed by atoms with Gasteiger partial charge in [-0.05, 0) is 77.2 Å². The van der Waals surface area contributed by atoms with Crippen molar-refractivity contribution in [3.05, 3.63) is 35.3 Å². The predicted octanol–water partition coefficient (Wildman–Crippen LogP) is 2.45. The molecule has 158 valence electrons. The minimum absolute atomic E-state index is 0.0574. The molecule has 0 spiro atoms. The molecule has 7 nitrogen and oxygen atoms in total. The molecule has 0 bridgehead atoms. The highest BCUT2D eigenvalue weighted by atomic mass is 16.2. The monoisotopic (exact) mass is 399 g/mol. The Kier molecular flexibility index (Phi) is 7.63. The number of carbonyl (C=O) groups is 2. The van der Waals surface area contributed by atoms with Gasteiger partial charge in [-0.1, -0.05) is 6.07 Å². The number of nitrogens with zero attached hydrogens (tertiary/aromatic N) is 3. The van der Waals surface area contributed by atoms with Crippen molar-refractivity contribution >= 4 is 17.5 Å². The maximum absolute atomic E-state index is 12.6. The van der Waals surface area contributed by atoms with Gasteiger partial charge in [0.15, 0.2) is 0 Å². The fraction of sp³-hybridized carbons (Fsp3) is 0.591. The van der Waals surface area contributed by atoms with Crippen LogP contribution in [-0.4, -0.2) is 58.8 Å². The summed E-state index contributed by atoms with van der Waals surface area (Å²) in [6.45, 7) is 8.63. The molecule has 2 amide bonds. The number of aryl methyl sites for hydroxylation is 2. The zero-order valence-corrected chi connectivity index (χ0v) is 17.7. The molecule has 0 radical (unpaired) electrons. The van der Waals surface area contributed by atoms with E-state index in [4.69, 9.17) is 0 Å². The fourth-order valence-corrected chi connectivity index (χ4v) is 3.91. The molecule has 1 saturated heterocycles. The Morgan fingerprint density at radius 1 is 1.07 bits per heavy atom. The summed E-state index contributed by atoms with van der Waals surface area (Å²) in [5.41, 5.74) is 3.11. The number of amides is 2. The summed E-state index contributed by atoms with van der Waals surface area (Å²) in [5.74, 6) is -0.0926. The van der Waals surface area contributed by atoms with E-state index in [1.807, 2.05) is 36.6 Å². The van der Waals surface area contributed by atoms with Crippen LogP contribution in [-0.2, 0) is 4.79 Å². The van der Waals surface area contributed by atoms with E-state index in [9.17, 15) is 9.59 Å². The lowest BCUT2D eigenvalue weighted by Crippen LogP contribution is -2.29. The largest absolute Gasteiger partial charge is 0.356 e. The number of fused-ring (bicyclic) bond motifs is 1. The molecule has 3 rings (SSSR count). The molecule has 0 aliphatic carbocycles. The highest BCUT2D eigenvalue weighted by Gasteiger charge is 2.17. The molecule has 3 heterocycles. The van der Waals surface area contributed by atoms with E-state index in [0.29, 0.717) is 30.8 Å². The quantitative estimate of drug-likeness (QED) is 0.602. The van der Waals surface area contributed by atoms with Crippen LogP contribution >= 0.6 is 0 Å². The van der Waals surface area contributed by atoms with Gasteiger partial charge in [-0.25, -0.2) is 4.98 Å². The van der Waals surface area contributed by atoms with Crippen molar-refractivity contribution in [1.82, 2.24) is 24.9 Å². The van der Waals surface area contributed by atoms with E-state index in [-0.39, 0.29) is 11.8 Å². The van der Waals surface area contributed by atoms with Gasteiger partial charge in [0.2, 0.25) is 5.91 Å². The number of carbonyl (C=O) groups excluding carboxylic acids is 2. The summed E-state index contributed by atoms with van der Waals surface area (Å²) in [6, 6.07) is 3.89. The third-order valence-electron chi connectivity index (χ3n) is 5.52. The smallest absolute Gasteiger partial charge is 0.270 e. The maximum atomic E-state index is 12.6. The number of aromatic nitrogens is 2. The maximum Gasteiger partial charge on any atom is 0.270 e. The Balaban J connectivity index is 1.32. The zero-order valence-electron chi connectivity index (χ0n) is 17.7. The molecular weight excluding hydrogens is 366 g/mol. The van der Waals surface area contributed by atoms with Crippen LogP contribution in [0, 0.1) is 13.8 Å². The minimum atomic E-state index is -0.150. The van der Waals surface area contributed by atoms with Gasteiger partial charge in [0.25, 0.3) is 5.91 Å². The molecule has 2 aromatic rings. The predicted molar refractivity (Wildman–Crippen MR) is 114 cm³/mol. The zero-order chi connectivity index (χ0) is 20.6. The minimum Gasteiger partial charge on any atom is -0.356 e. The molecular formula is C22H33N5O2. The van der Waals surface area contributed by atoms with Crippen LogP contribution in [0.5, 0.6) is 0 Å². The van der Waals surface area contributed by atoms with Gasteiger partial charge in [-0.3, -0.25) is 14.0 Å². The summed E-state index contributed by atoms with van der Waals surface area (Å²) in [6.07, 6.45) is 7.71. The molecule has 1 aliphatic heterocycles. The molecule has 0 unspecified atom stereocenters. The normalized spacial score (nSPS) is 14.4. The Labute approximate surface area is 172 Å². The Morgan fingerprint density at radius 3 is 2.62 bits per heavy atom. The average Bonchev–Trinajstić information content (AvgIpc) is 3.32. The lowest BCUT2D eigenvalue weighted by Gasteiger charge is -2.14. The SMILES string of the molecule is Cc1nc2c(C)cccn2c1C(=O)NCCCC(=O)NCCCCN1CCCC1. The van der Waals surface area contributed by atoms with Gasteiger partial charge >= 0.3 is 0 Å². The number of likely N-dealkylation sites (tertiary alicyclic amines) is 1. The number of nitrogens with one attached hydrogen (secondary N) is 2. The van der Waals surface area contributed by atoms with Crippen molar-refractivity contribution in [3.8, 4) is 0 Å². The van der Waals surface area contributed by atoms with Crippen molar-refractivity contribution in [2.75, 3.05) is 32.7 Å². The van der Waals surface area contributed by atoms with Gasteiger partial charge < -0.3 is 15.5 Å². The van der Waals surface area contributed by atoms with Crippen LogP contribution < -0.4 is 10.6 Å². The van der Waals surface area contributed by atoms with E-state index < -0.39 is 0 Å². The van der Waals surface area contributed by atoms with Crippen LogP contribution in [0.3, 0.4) is 0 Å². The molecule has 1 fully saturated rings. The first-order chi connectivity index (χ1) is 14.1.